The van der Waals surface area contributed by atoms with Gasteiger partial charge in [-0.1, -0.05) is 6.07 Å². The van der Waals surface area contributed by atoms with Gasteiger partial charge in [-0.05, 0) is 68.8 Å². The zero-order valence-electron chi connectivity index (χ0n) is 18.4. The van der Waals surface area contributed by atoms with E-state index in [0.717, 1.165) is 56.4 Å². The summed E-state index contributed by atoms with van der Waals surface area (Å²) in [6.45, 7) is 7.66. The third-order valence-electron chi connectivity index (χ3n) is 4.13. The van der Waals surface area contributed by atoms with Gasteiger partial charge in [-0.15, -0.1) is 11.3 Å². The smallest absolute Gasteiger partial charge is 0.195 e. The van der Waals surface area contributed by atoms with Crippen LogP contribution in [0.2, 0.25) is 0 Å². The lowest BCUT2D eigenvalue weighted by atomic mass is 10.3. The van der Waals surface area contributed by atoms with E-state index in [1.807, 2.05) is 38.1 Å². The molecule has 2 rings (SSSR count). The Labute approximate surface area is 184 Å². The van der Waals surface area contributed by atoms with Crippen molar-refractivity contribution in [2.45, 2.75) is 39.2 Å². The highest BCUT2D eigenvalue weighted by Gasteiger charge is 2.03. The molecule has 0 fully saturated rings. The van der Waals surface area contributed by atoms with Crippen molar-refractivity contribution in [2.75, 3.05) is 45.3 Å². The summed E-state index contributed by atoms with van der Waals surface area (Å²) in [5.74, 6) is 1.66. The van der Waals surface area contributed by atoms with E-state index in [1.54, 1.807) is 18.4 Å². The van der Waals surface area contributed by atoms with Crippen molar-refractivity contribution in [3.05, 3.63) is 46.7 Å². The Morgan fingerprint density at radius 3 is 2.60 bits per heavy atom. The molecule has 0 radical (unpaired) electrons. The van der Waals surface area contributed by atoms with Gasteiger partial charge in [0, 0.05) is 37.4 Å². The highest BCUT2D eigenvalue weighted by atomic mass is 32.1. The third-order valence-corrected chi connectivity index (χ3v) is 5.07. The molecule has 0 atom stereocenters. The van der Waals surface area contributed by atoms with E-state index in [1.165, 1.54) is 4.88 Å². The van der Waals surface area contributed by atoms with Gasteiger partial charge in [0.1, 0.15) is 5.75 Å². The maximum atomic E-state index is 5.72. The average molecular weight is 434 g/mol. The maximum absolute atomic E-state index is 5.72. The molecule has 0 saturated heterocycles. The minimum atomic E-state index is 0.165. The first-order chi connectivity index (χ1) is 14.7. The zero-order chi connectivity index (χ0) is 21.4. The largest absolute Gasteiger partial charge is 0.491 e. The van der Waals surface area contributed by atoms with Crippen LogP contribution in [0.25, 0.3) is 0 Å². The van der Waals surface area contributed by atoms with Crippen LogP contribution in [0.4, 0.5) is 5.69 Å². The molecule has 1 aromatic heterocycles. The van der Waals surface area contributed by atoms with Crippen LogP contribution in [0.5, 0.6) is 5.75 Å². The predicted octanol–water partition coefficient (Wildman–Crippen LogP) is 4.58. The van der Waals surface area contributed by atoms with Crippen molar-refractivity contribution in [1.82, 2.24) is 5.32 Å². The molecule has 30 heavy (non-hydrogen) atoms. The topological polar surface area (TPSA) is 64.1 Å². The second kappa shape index (κ2) is 14.8. The van der Waals surface area contributed by atoms with Gasteiger partial charge >= 0.3 is 0 Å². The molecule has 6 nitrogen and oxygen atoms in total. The minimum Gasteiger partial charge on any atom is -0.491 e. The van der Waals surface area contributed by atoms with Crippen LogP contribution in [-0.2, 0) is 15.9 Å². The maximum Gasteiger partial charge on any atom is 0.195 e. The van der Waals surface area contributed by atoms with E-state index < -0.39 is 0 Å². The SMILES string of the molecule is COCCOCCCCN=C(NCCc1cccs1)Nc1ccc(OC(C)C)cc1. The van der Waals surface area contributed by atoms with E-state index in [4.69, 9.17) is 19.2 Å². The van der Waals surface area contributed by atoms with Crippen LogP contribution in [0, 0.1) is 0 Å². The Morgan fingerprint density at radius 1 is 1.07 bits per heavy atom. The van der Waals surface area contributed by atoms with Gasteiger partial charge in [0.25, 0.3) is 0 Å². The number of anilines is 1. The van der Waals surface area contributed by atoms with Gasteiger partial charge in [-0.2, -0.15) is 0 Å². The van der Waals surface area contributed by atoms with Crippen LogP contribution >= 0.6 is 11.3 Å². The summed E-state index contributed by atoms with van der Waals surface area (Å²) in [5, 5.41) is 8.95. The number of benzene rings is 1. The summed E-state index contributed by atoms with van der Waals surface area (Å²) in [4.78, 5) is 6.09. The molecule has 2 aromatic rings. The summed E-state index contributed by atoms with van der Waals surface area (Å²) in [6, 6.07) is 12.2. The summed E-state index contributed by atoms with van der Waals surface area (Å²) in [5.41, 5.74) is 0.983. The highest BCUT2D eigenvalue weighted by Crippen LogP contribution is 2.17. The van der Waals surface area contributed by atoms with E-state index in [2.05, 4.69) is 28.1 Å². The Kier molecular flexibility index (Phi) is 11.9. The monoisotopic (exact) mass is 433 g/mol. The van der Waals surface area contributed by atoms with Crippen molar-refractivity contribution in [1.29, 1.82) is 0 Å². The van der Waals surface area contributed by atoms with Crippen LogP contribution in [0.1, 0.15) is 31.6 Å². The lowest BCUT2D eigenvalue weighted by Crippen LogP contribution is -2.32. The third kappa shape index (κ3) is 10.6. The van der Waals surface area contributed by atoms with Crippen LogP contribution in [0.3, 0.4) is 0 Å². The van der Waals surface area contributed by atoms with Crippen LogP contribution < -0.4 is 15.4 Å². The summed E-state index contributed by atoms with van der Waals surface area (Å²) in [6.07, 6.45) is 3.11. The lowest BCUT2D eigenvalue weighted by molar-refractivity contribution is 0.0690. The predicted molar refractivity (Wildman–Crippen MR) is 126 cm³/mol. The van der Waals surface area contributed by atoms with Crippen molar-refractivity contribution in [2.24, 2.45) is 4.99 Å². The molecule has 1 heterocycles. The van der Waals surface area contributed by atoms with Gasteiger partial charge in [-0.3, -0.25) is 4.99 Å². The first-order valence-electron chi connectivity index (χ1n) is 10.6. The average Bonchev–Trinajstić information content (AvgIpc) is 3.24. The summed E-state index contributed by atoms with van der Waals surface area (Å²) in [7, 11) is 1.68. The first-order valence-corrected chi connectivity index (χ1v) is 11.5. The fourth-order valence-electron chi connectivity index (χ4n) is 2.68. The van der Waals surface area contributed by atoms with E-state index in [0.29, 0.717) is 13.2 Å². The molecule has 0 aliphatic rings. The van der Waals surface area contributed by atoms with Crippen molar-refractivity contribution in [3.8, 4) is 5.75 Å². The van der Waals surface area contributed by atoms with Gasteiger partial charge in [0.05, 0.1) is 19.3 Å². The molecule has 0 unspecified atom stereocenters. The molecule has 0 aliphatic heterocycles. The number of rotatable bonds is 14. The quantitative estimate of drug-likeness (QED) is 0.259. The Morgan fingerprint density at radius 2 is 1.90 bits per heavy atom. The highest BCUT2D eigenvalue weighted by molar-refractivity contribution is 7.09. The lowest BCUT2D eigenvalue weighted by Gasteiger charge is -2.14. The van der Waals surface area contributed by atoms with E-state index >= 15 is 0 Å². The van der Waals surface area contributed by atoms with E-state index in [9.17, 15) is 0 Å². The second-order valence-electron chi connectivity index (χ2n) is 7.11. The number of aliphatic imine (C=N–C) groups is 1. The molecule has 0 spiro atoms. The standard InChI is InChI=1S/C23H35N3O3S/c1-19(2)29-21-10-8-20(9-11-21)26-23(25-14-12-22-7-6-18-30-22)24-13-4-5-15-28-17-16-27-3/h6-11,18-19H,4-5,12-17H2,1-3H3,(H2,24,25,26). The number of hydrogen-bond donors (Lipinski definition) is 2. The molecule has 1 aromatic carbocycles. The normalized spacial score (nSPS) is 11.7. The second-order valence-corrected chi connectivity index (χ2v) is 8.15. The summed E-state index contributed by atoms with van der Waals surface area (Å²) < 4.78 is 16.2. The summed E-state index contributed by atoms with van der Waals surface area (Å²) >= 11 is 1.78. The first kappa shape index (κ1) is 24.2. The molecular formula is C23H35N3O3S. The minimum absolute atomic E-state index is 0.165. The molecule has 0 aliphatic carbocycles. The van der Waals surface area contributed by atoms with Crippen molar-refractivity contribution < 1.29 is 14.2 Å². The van der Waals surface area contributed by atoms with Crippen molar-refractivity contribution >= 4 is 23.0 Å². The molecular weight excluding hydrogens is 398 g/mol. The van der Waals surface area contributed by atoms with Crippen molar-refractivity contribution in [3.63, 3.8) is 0 Å². The number of guanidine groups is 1. The number of unbranched alkanes of at least 4 members (excludes halogenated alkanes) is 1. The number of nitrogens with one attached hydrogen (secondary N) is 2. The van der Waals surface area contributed by atoms with Gasteiger partial charge in [-0.25, -0.2) is 0 Å². The Bertz CT molecular complexity index is 703. The molecule has 2 N–H and O–H groups in total. The number of thiophene rings is 1. The molecule has 0 amide bonds. The van der Waals surface area contributed by atoms with Gasteiger partial charge < -0.3 is 24.8 Å². The fourth-order valence-corrected chi connectivity index (χ4v) is 3.38. The number of hydrogen-bond acceptors (Lipinski definition) is 5. The van der Waals surface area contributed by atoms with Gasteiger partial charge in [0.15, 0.2) is 5.96 Å². The Balaban J connectivity index is 1.82. The van der Waals surface area contributed by atoms with Gasteiger partial charge in [0.2, 0.25) is 0 Å². The molecule has 7 heteroatoms. The van der Waals surface area contributed by atoms with Crippen LogP contribution in [0.15, 0.2) is 46.8 Å². The number of ether oxygens (including phenoxy) is 3. The van der Waals surface area contributed by atoms with Crippen LogP contribution in [-0.4, -0.2) is 52.1 Å². The Hall–Kier alpha value is -2.09. The molecule has 0 bridgehead atoms. The molecule has 166 valence electrons. The molecule has 0 saturated carbocycles. The van der Waals surface area contributed by atoms with E-state index in [-0.39, 0.29) is 6.10 Å². The zero-order valence-corrected chi connectivity index (χ0v) is 19.2. The number of nitrogens with zero attached hydrogens (tertiary/aromatic N) is 1. The fraction of sp³-hybridized carbons (Fsp3) is 0.522. The number of methoxy groups -OCH3 is 1.